The van der Waals surface area contributed by atoms with Gasteiger partial charge in [-0.25, -0.2) is 4.79 Å². The molecule has 1 aromatic rings. The molecule has 0 saturated heterocycles. The number of hydrogen-bond donors (Lipinski definition) is 2. The number of hydrogen-bond acceptors (Lipinski definition) is 4. The predicted octanol–water partition coefficient (Wildman–Crippen LogP) is 2.92. The van der Waals surface area contributed by atoms with E-state index in [4.69, 9.17) is 9.47 Å². The highest BCUT2D eigenvalue weighted by atomic mass is 16.5. The molecule has 0 aliphatic rings. The van der Waals surface area contributed by atoms with Crippen molar-refractivity contribution >= 4 is 17.6 Å². The molecule has 21 heavy (non-hydrogen) atoms. The summed E-state index contributed by atoms with van der Waals surface area (Å²) in [6.45, 7) is 2.05. The number of carbonyl (C=O) groups is 2. The summed E-state index contributed by atoms with van der Waals surface area (Å²) in [6.07, 6.45) is 3.12. The van der Waals surface area contributed by atoms with E-state index in [-0.39, 0.29) is 17.2 Å². The van der Waals surface area contributed by atoms with E-state index < -0.39 is 5.97 Å². The van der Waals surface area contributed by atoms with Crippen molar-refractivity contribution in [2.24, 2.45) is 0 Å². The number of unbranched alkanes of at least 4 members (excludes halogenated alkanes) is 2. The Balaban J connectivity index is 2.98. The number of ether oxygens (including phenoxy) is 2. The molecule has 0 saturated carbocycles. The molecule has 1 rings (SSSR count). The number of nitrogens with one attached hydrogen (secondary N) is 1. The zero-order valence-corrected chi connectivity index (χ0v) is 12.6. The lowest BCUT2D eigenvalue weighted by Gasteiger charge is -2.13. The molecule has 0 spiro atoms. The third kappa shape index (κ3) is 4.66. The van der Waals surface area contributed by atoms with Gasteiger partial charge in [0.25, 0.3) is 0 Å². The Bertz CT molecular complexity index is 513. The van der Waals surface area contributed by atoms with Crippen LogP contribution in [0.3, 0.4) is 0 Å². The van der Waals surface area contributed by atoms with Crippen molar-refractivity contribution in [3.8, 4) is 11.5 Å². The minimum Gasteiger partial charge on any atom is -0.493 e. The van der Waals surface area contributed by atoms with Crippen molar-refractivity contribution < 1.29 is 24.2 Å². The van der Waals surface area contributed by atoms with Crippen LogP contribution >= 0.6 is 0 Å². The minimum atomic E-state index is -1.14. The SMILES string of the molecule is CCCCCC(=O)Nc1cc(OC)c(OC)cc1C(=O)O. The van der Waals surface area contributed by atoms with E-state index in [0.29, 0.717) is 17.9 Å². The Labute approximate surface area is 124 Å². The van der Waals surface area contributed by atoms with Gasteiger partial charge in [-0.05, 0) is 6.42 Å². The molecule has 6 heteroatoms. The van der Waals surface area contributed by atoms with Crippen molar-refractivity contribution in [1.82, 2.24) is 0 Å². The number of carbonyl (C=O) groups excluding carboxylic acids is 1. The molecular weight excluding hydrogens is 274 g/mol. The molecule has 2 N–H and O–H groups in total. The van der Waals surface area contributed by atoms with Gasteiger partial charge in [0, 0.05) is 18.6 Å². The van der Waals surface area contributed by atoms with Crippen molar-refractivity contribution in [2.75, 3.05) is 19.5 Å². The zero-order chi connectivity index (χ0) is 15.8. The maximum Gasteiger partial charge on any atom is 0.337 e. The van der Waals surface area contributed by atoms with Gasteiger partial charge in [-0.15, -0.1) is 0 Å². The van der Waals surface area contributed by atoms with Gasteiger partial charge in [0.15, 0.2) is 11.5 Å². The van der Waals surface area contributed by atoms with Crippen LogP contribution in [0.5, 0.6) is 11.5 Å². The van der Waals surface area contributed by atoms with Crippen LogP contribution in [0.25, 0.3) is 0 Å². The number of anilines is 1. The first-order chi connectivity index (χ1) is 10.0. The topological polar surface area (TPSA) is 84.9 Å². The van der Waals surface area contributed by atoms with Crippen LogP contribution in [0, 0.1) is 0 Å². The lowest BCUT2D eigenvalue weighted by molar-refractivity contribution is -0.116. The zero-order valence-electron chi connectivity index (χ0n) is 12.6. The van der Waals surface area contributed by atoms with E-state index in [1.807, 2.05) is 0 Å². The van der Waals surface area contributed by atoms with E-state index >= 15 is 0 Å². The fourth-order valence-electron chi connectivity index (χ4n) is 1.91. The molecule has 0 radical (unpaired) electrons. The predicted molar refractivity (Wildman–Crippen MR) is 79.3 cm³/mol. The molecule has 0 aromatic heterocycles. The van der Waals surface area contributed by atoms with Gasteiger partial charge in [0.1, 0.15) is 0 Å². The van der Waals surface area contributed by atoms with E-state index in [2.05, 4.69) is 12.2 Å². The summed E-state index contributed by atoms with van der Waals surface area (Å²) < 4.78 is 10.2. The number of carboxylic acids is 1. The maximum atomic E-state index is 11.8. The van der Waals surface area contributed by atoms with Gasteiger partial charge in [0.2, 0.25) is 5.91 Å². The average molecular weight is 295 g/mol. The maximum absolute atomic E-state index is 11.8. The summed E-state index contributed by atoms with van der Waals surface area (Å²) in [5, 5.41) is 11.9. The first-order valence-corrected chi connectivity index (χ1v) is 6.82. The summed E-state index contributed by atoms with van der Waals surface area (Å²) >= 11 is 0. The number of carboxylic acid groups (broad SMARTS) is 1. The Morgan fingerprint density at radius 2 is 1.76 bits per heavy atom. The van der Waals surface area contributed by atoms with E-state index in [9.17, 15) is 14.7 Å². The number of amides is 1. The molecule has 0 aliphatic heterocycles. The second kappa shape index (κ2) is 8.14. The summed E-state index contributed by atoms with van der Waals surface area (Å²) in [5.41, 5.74) is 0.179. The van der Waals surface area contributed by atoms with Crippen molar-refractivity contribution in [2.45, 2.75) is 32.6 Å². The monoisotopic (exact) mass is 295 g/mol. The summed E-state index contributed by atoms with van der Waals surface area (Å²) in [7, 11) is 2.87. The molecule has 0 unspecified atom stereocenters. The fraction of sp³-hybridized carbons (Fsp3) is 0.467. The summed E-state index contributed by atoms with van der Waals surface area (Å²) in [6, 6.07) is 2.79. The molecule has 1 aromatic carbocycles. The largest absolute Gasteiger partial charge is 0.493 e. The minimum absolute atomic E-state index is 0.0310. The van der Waals surface area contributed by atoms with Gasteiger partial charge in [-0.1, -0.05) is 19.8 Å². The van der Waals surface area contributed by atoms with Crippen LogP contribution in [0.15, 0.2) is 12.1 Å². The Morgan fingerprint density at radius 1 is 1.14 bits per heavy atom. The molecular formula is C15H21NO5. The van der Waals surface area contributed by atoms with Gasteiger partial charge in [-0.2, -0.15) is 0 Å². The average Bonchev–Trinajstić information content (AvgIpc) is 2.46. The Hall–Kier alpha value is -2.24. The normalized spacial score (nSPS) is 10.0. The molecule has 0 atom stereocenters. The third-order valence-corrected chi connectivity index (χ3v) is 3.04. The smallest absolute Gasteiger partial charge is 0.337 e. The molecule has 116 valence electrons. The van der Waals surface area contributed by atoms with Crippen LogP contribution in [-0.4, -0.2) is 31.2 Å². The molecule has 6 nitrogen and oxygen atoms in total. The molecule has 0 fully saturated rings. The summed E-state index contributed by atoms with van der Waals surface area (Å²) in [5.74, 6) is -0.678. The van der Waals surface area contributed by atoms with Crippen LogP contribution in [0.4, 0.5) is 5.69 Å². The van der Waals surface area contributed by atoms with Crippen LogP contribution in [0.2, 0.25) is 0 Å². The Morgan fingerprint density at radius 3 is 2.29 bits per heavy atom. The number of aromatic carboxylic acids is 1. The highest BCUT2D eigenvalue weighted by molar-refractivity contribution is 6.01. The van der Waals surface area contributed by atoms with E-state index in [1.165, 1.54) is 26.4 Å². The second-order valence-electron chi connectivity index (χ2n) is 4.56. The van der Waals surface area contributed by atoms with Crippen LogP contribution < -0.4 is 14.8 Å². The standard InChI is InChI=1S/C15H21NO5/c1-4-5-6-7-14(17)16-11-9-13(21-3)12(20-2)8-10(11)15(18)19/h8-9H,4-7H2,1-3H3,(H,16,17)(H,18,19). The molecule has 0 heterocycles. The first-order valence-electron chi connectivity index (χ1n) is 6.82. The summed E-state index contributed by atoms with van der Waals surface area (Å²) in [4.78, 5) is 23.1. The van der Waals surface area contributed by atoms with Gasteiger partial charge in [0.05, 0.1) is 25.5 Å². The quantitative estimate of drug-likeness (QED) is 0.720. The molecule has 1 amide bonds. The van der Waals surface area contributed by atoms with E-state index in [1.54, 1.807) is 0 Å². The third-order valence-electron chi connectivity index (χ3n) is 3.04. The lowest BCUT2D eigenvalue weighted by Crippen LogP contribution is -2.14. The highest BCUT2D eigenvalue weighted by Gasteiger charge is 2.17. The molecule has 0 aliphatic carbocycles. The van der Waals surface area contributed by atoms with Gasteiger partial charge >= 0.3 is 5.97 Å². The van der Waals surface area contributed by atoms with Crippen LogP contribution in [0.1, 0.15) is 43.0 Å². The lowest BCUT2D eigenvalue weighted by atomic mass is 10.1. The van der Waals surface area contributed by atoms with E-state index in [0.717, 1.165) is 19.3 Å². The van der Waals surface area contributed by atoms with Crippen LogP contribution in [-0.2, 0) is 4.79 Å². The first kappa shape index (κ1) is 16.8. The number of methoxy groups -OCH3 is 2. The van der Waals surface area contributed by atoms with Crippen molar-refractivity contribution in [3.05, 3.63) is 17.7 Å². The molecule has 0 bridgehead atoms. The Kier molecular flexibility index (Phi) is 6.52. The van der Waals surface area contributed by atoms with Gasteiger partial charge < -0.3 is 19.9 Å². The number of rotatable bonds is 8. The second-order valence-corrected chi connectivity index (χ2v) is 4.56. The highest BCUT2D eigenvalue weighted by Crippen LogP contribution is 2.33. The van der Waals surface area contributed by atoms with Crippen molar-refractivity contribution in [3.63, 3.8) is 0 Å². The van der Waals surface area contributed by atoms with Crippen molar-refractivity contribution in [1.29, 1.82) is 0 Å². The number of benzene rings is 1. The van der Waals surface area contributed by atoms with Gasteiger partial charge in [-0.3, -0.25) is 4.79 Å². The fourth-order valence-corrected chi connectivity index (χ4v) is 1.91.